The lowest BCUT2D eigenvalue weighted by Crippen LogP contribution is -2.08. The van der Waals surface area contributed by atoms with Gasteiger partial charge < -0.3 is 19.6 Å². The molecule has 138 valence electrons. The third-order valence-corrected chi connectivity index (χ3v) is 4.20. The summed E-state index contributed by atoms with van der Waals surface area (Å²) in [5, 5.41) is 12.3. The number of benzene rings is 2. The van der Waals surface area contributed by atoms with Gasteiger partial charge in [-0.25, -0.2) is 0 Å². The molecule has 0 radical (unpaired) electrons. The minimum absolute atomic E-state index is 0.173. The Morgan fingerprint density at radius 3 is 2.63 bits per heavy atom. The maximum absolute atomic E-state index is 12.2. The lowest BCUT2D eigenvalue weighted by Gasteiger charge is -2.07. The van der Waals surface area contributed by atoms with Crippen molar-refractivity contribution < 1.29 is 19.1 Å². The van der Waals surface area contributed by atoms with Gasteiger partial charge in [-0.3, -0.25) is 4.79 Å². The number of aliphatic hydroxyl groups is 1. The summed E-state index contributed by atoms with van der Waals surface area (Å²) >= 11 is 6.19. The van der Waals surface area contributed by atoms with Crippen molar-refractivity contribution in [3.05, 3.63) is 77.0 Å². The van der Waals surface area contributed by atoms with E-state index in [1.165, 1.54) is 6.08 Å². The third-order valence-electron chi connectivity index (χ3n) is 3.87. The van der Waals surface area contributed by atoms with Gasteiger partial charge in [0.2, 0.25) is 5.91 Å². The van der Waals surface area contributed by atoms with Crippen molar-refractivity contribution in [3.8, 4) is 17.1 Å². The van der Waals surface area contributed by atoms with E-state index >= 15 is 0 Å². The van der Waals surface area contributed by atoms with Crippen molar-refractivity contribution in [1.82, 2.24) is 0 Å². The molecule has 0 saturated heterocycles. The number of rotatable bonds is 6. The van der Waals surface area contributed by atoms with Crippen LogP contribution >= 0.6 is 11.6 Å². The Balaban J connectivity index is 1.72. The highest BCUT2D eigenvalue weighted by atomic mass is 35.5. The largest absolute Gasteiger partial charge is 0.497 e. The van der Waals surface area contributed by atoms with E-state index in [2.05, 4.69) is 5.32 Å². The first-order valence-electron chi connectivity index (χ1n) is 8.21. The summed E-state index contributed by atoms with van der Waals surface area (Å²) in [6, 6.07) is 16.0. The van der Waals surface area contributed by atoms with Crippen LogP contribution in [-0.2, 0) is 11.4 Å². The monoisotopic (exact) mass is 383 g/mol. The third kappa shape index (κ3) is 4.78. The number of ether oxygens (including phenoxy) is 1. The SMILES string of the molecule is COc1ccc(/C=C/C(=O)Nc2cc(-c3ccc(CO)o3)ccc2Cl)cc1. The summed E-state index contributed by atoms with van der Waals surface area (Å²) in [7, 11) is 1.60. The average molecular weight is 384 g/mol. The lowest BCUT2D eigenvalue weighted by molar-refractivity contribution is -0.111. The Morgan fingerprint density at radius 1 is 1.19 bits per heavy atom. The topological polar surface area (TPSA) is 71.7 Å². The zero-order chi connectivity index (χ0) is 19.2. The molecule has 1 amide bonds. The highest BCUT2D eigenvalue weighted by molar-refractivity contribution is 6.34. The number of amides is 1. The zero-order valence-corrected chi connectivity index (χ0v) is 15.4. The van der Waals surface area contributed by atoms with Gasteiger partial charge in [0.1, 0.15) is 23.9 Å². The van der Waals surface area contributed by atoms with Crippen LogP contribution in [0, 0.1) is 0 Å². The van der Waals surface area contributed by atoms with Gasteiger partial charge in [-0.15, -0.1) is 0 Å². The second-order valence-electron chi connectivity index (χ2n) is 5.71. The number of nitrogens with one attached hydrogen (secondary N) is 1. The van der Waals surface area contributed by atoms with E-state index in [1.807, 2.05) is 24.3 Å². The fraction of sp³-hybridized carbons (Fsp3) is 0.0952. The minimum atomic E-state index is -0.305. The van der Waals surface area contributed by atoms with Gasteiger partial charge in [0.15, 0.2) is 0 Å². The summed E-state index contributed by atoms with van der Waals surface area (Å²) in [4.78, 5) is 12.2. The second-order valence-corrected chi connectivity index (χ2v) is 6.12. The summed E-state index contributed by atoms with van der Waals surface area (Å²) in [6.07, 6.45) is 3.13. The van der Waals surface area contributed by atoms with Crippen molar-refractivity contribution >= 4 is 29.3 Å². The van der Waals surface area contributed by atoms with E-state index in [4.69, 9.17) is 25.9 Å². The molecule has 2 aromatic carbocycles. The molecule has 0 fully saturated rings. The van der Waals surface area contributed by atoms with Gasteiger partial charge in [0.25, 0.3) is 0 Å². The summed E-state index contributed by atoms with van der Waals surface area (Å²) in [5.74, 6) is 1.50. The number of aliphatic hydroxyl groups excluding tert-OH is 1. The van der Waals surface area contributed by atoms with Crippen LogP contribution < -0.4 is 10.1 Å². The van der Waals surface area contributed by atoms with Gasteiger partial charge in [-0.05, 0) is 54.1 Å². The maximum Gasteiger partial charge on any atom is 0.248 e. The maximum atomic E-state index is 12.2. The second kappa shape index (κ2) is 8.58. The number of hydrogen-bond acceptors (Lipinski definition) is 4. The van der Waals surface area contributed by atoms with Crippen molar-refractivity contribution in [3.63, 3.8) is 0 Å². The Morgan fingerprint density at radius 2 is 1.96 bits per heavy atom. The molecule has 0 aliphatic carbocycles. The number of carbonyl (C=O) groups excluding carboxylic acids is 1. The van der Waals surface area contributed by atoms with Crippen LogP contribution in [0.2, 0.25) is 5.02 Å². The number of anilines is 1. The highest BCUT2D eigenvalue weighted by Crippen LogP contribution is 2.30. The van der Waals surface area contributed by atoms with Crippen LogP contribution in [0.15, 0.2) is 65.1 Å². The fourth-order valence-electron chi connectivity index (χ4n) is 2.45. The molecule has 5 nitrogen and oxygen atoms in total. The van der Waals surface area contributed by atoms with Gasteiger partial charge >= 0.3 is 0 Å². The smallest absolute Gasteiger partial charge is 0.248 e. The number of carbonyl (C=O) groups is 1. The quantitative estimate of drug-likeness (QED) is 0.602. The Bertz CT molecular complexity index is 961. The van der Waals surface area contributed by atoms with Gasteiger partial charge in [-0.1, -0.05) is 23.7 Å². The van der Waals surface area contributed by atoms with Crippen LogP contribution in [-0.4, -0.2) is 18.1 Å². The standard InChI is InChI=1S/C21H18ClNO4/c1-26-16-6-2-14(3-7-16)4-11-21(25)23-19-12-15(5-9-18(19)22)20-10-8-17(13-24)27-20/h2-12,24H,13H2,1H3,(H,23,25)/b11-4+. The molecule has 1 heterocycles. The van der Waals surface area contributed by atoms with E-state index in [9.17, 15) is 4.79 Å². The van der Waals surface area contributed by atoms with E-state index < -0.39 is 0 Å². The average Bonchev–Trinajstić information content (AvgIpc) is 3.18. The summed E-state index contributed by atoms with van der Waals surface area (Å²) in [5.41, 5.74) is 2.09. The van der Waals surface area contributed by atoms with Crippen LogP contribution in [0.4, 0.5) is 5.69 Å². The minimum Gasteiger partial charge on any atom is -0.497 e. The van der Waals surface area contributed by atoms with Gasteiger partial charge in [0, 0.05) is 11.6 Å². The van der Waals surface area contributed by atoms with Crippen LogP contribution in [0.5, 0.6) is 5.75 Å². The molecule has 27 heavy (non-hydrogen) atoms. The molecule has 3 rings (SSSR count). The Hall–Kier alpha value is -3.02. The molecule has 6 heteroatoms. The van der Waals surface area contributed by atoms with E-state index in [0.29, 0.717) is 22.2 Å². The highest BCUT2D eigenvalue weighted by Gasteiger charge is 2.09. The molecule has 0 aliphatic heterocycles. The summed E-state index contributed by atoms with van der Waals surface area (Å²) < 4.78 is 10.6. The van der Waals surface area contributed by atoms with E-state index in [0.717, 1.165) is 16.9 Å². The van der Waals surface area contributed by atoms with Crippen molar-refractivity contribution in [1.29, 1.82) is 0 Å². The van der Waals surface area contributed by atoms with E-state index in [-0.39, 0.29) is 12.5 Å². The first kappa shape index (κ1) is 18.8. The molecule has 0 saturated carbocycles. The first-order valence-corrected chi connectivity index (χ1v) is 8.59. The number of hydrogen-bond donors (Lipinski definition) is 2. The molecule has 0 aliphatic rings. The summed E-state index contributed by atoms with van der Waals surface area (Å²) in [6.45, 7) is -0.173. The van der Waals surface area contributed by atoms with E-state index in [1.54, 1.807) is 43.5 Å². The predicted octanol–water partition coefficient (Wildman–Crippen LogP) is 4.75. The molecular formula is C21H18ClNO4. The molecule has 1 aromatic heterocycles. The zero-order valence-electron chi connectivity index (χ0n) is 14.6. The van der Waals surface area contributed by atoms with Gasteiger partial charge in [0.05, 0.1) is 17.8 Å². The fourth-order valence-corrected chi connectivity index (χ4v) is 2.62. The molecule has 0 bridgehead atoms. The predicted molar refractivity (Wildman–Crippen MR) is 106 cm³/mol. The lowest BCUT2D eigenvalue weighted by atomic mass is 10.1. The molecule has 0 unspecified atom stereocenters. The van der Waals surface area contributed by atoms with Crippen molar-refractivity contribution in [2.24, 2.45) is 0 Å². The number of furan rings is 1. The van der Waals surface area contributed by atoms with Gasteiger partial charge in [-0.2, -0.15) is 0 Å². The molecule has 3 aromatic rings. The molecule has 0 spiro atoms. The van der Waals surface area contributed by atoms with Crippen LogP contribution in [0.1, 0.15) is 11.3 Å². The molecular weight excluding hydrogens is 366 g/mol. The number of halogens is 1. The number of methoxy groups -OCH3 is 1. The van der Waals surface area contributed by atoms with Crippen LogP contribution in [0.3, 0.4) is 0 Å². The van der Waals surface area contributed by atoms with Crippen molar-refractivity contribution in [2.75, 3.05) is 12.4 Å². The van der Waals surface area contributed by atoms with Crippen LogP contribution in [0.25, 0.3) is 17.4 Å². The normalized spacial score (nSPS) is 10.9. The molecule has 2 N–H and O–H groups in total. The Kier molecular flexibility index (Phi) is 5.96. The Labute approximate surface area is 161 Å². The first-order chi connectivity index (χ1) is 13.1. The molecule has 0 atom stereocenters. The van der Waals surface area contributed by atoms with Crippen molar-refractivity contribution in [2.45, 2.75) is 6.61 Å².